The zero-order chi connectivity index (χ0) is 21.3. The van der Waals surface area contributed by atoms with Crippen molar-refractivity contribution in [2.45, 2.75) is 26.1 Å². The molecule has 2 aromatic carbocycles. The third kappa shape index (κ3) is 5.17. The summed E-state index contributed by atoms with van der Waals surface area (Å²) in [6.07, 6.45) is -3.74. The van der Waals surface area contributed by atoms with Crippen molar-refractivity contribution < 1.29 is 26.4 Å². The van der Waals surface area contributed by atoms with Gasteiger partial charge in [0.1, 0.15) is 6.04 Å². The molecule has 1 amide bonds. The van der Waals surface area contributed by atoms with Crippen LogP contribution in [0, 0.1) is 6.92 Å². The van der Waals surface area contributed by atoms with Crippen molar-refractivity contribution in [2.24, 2.45) is 0 Å². The molecule has 0 unspecified atom stereocenters. The van der Waals surface area contributed by atoms with Gasteiger partial charge >= 0.3 is 6.18 Å². The van der Waals surface area contributed by atoms with Gasteiger partial charge in [-0.15, -0.1) is 0 Å². The highest BCUT2D eigenvalue weighted by Gasteiger charge is 2.34. The number of sulfonamides is 1. The second kappa shape index (κ2) is 8.00. The fraction of sp³-hybridized carbons (Fsp3) is 0.278. The summed E-state index contributed by atoms with van der Waals surface area (Å²) in [6.45, 7) is 3.11. The van der Waals surface area contributed by atoms with Crippen molar-refractivity contribution in [1.29, 1.82) is 0 Å². The highest BCUT2D eigenvalue weighted by Crippen LogP contribution is 2.36. The molecule has 0 aliphatic heterocycles. The number of halogens is 4. The van der Waals surface area contributed by atoms with Gasteiger partial charge in [0.15, 0.2) is 0 Å². The molecule has 1 atom stereocenters. The summed E-state index contributed by atoms with van der Waals surface area (Å²) < 4.78 is 64.4. The molecule has 0 aliphatic carbocycles. The molecule has 0 saturated carbocycles. The maximum atomic E-state index is 13.0. The molecule has 0 spiro atoms. The van der Waals surface area contributed by atoms with E-state index >= 15 is 0 Å². The molecular weight excluding hydrogens is 417 g/mol. The van der Waals surface area contributed by atoms with Crippen LogP contribution in [0.15, 0.2) is 42.5 Å². The minimum atomic E-state index is -4.69. The Hall–Kier alpha value is -2.26. The van der Waals surface area contributed by atoms with Gasteiger partial charge in [-0.25, -0.2) is 8.42 Å². The van der Waals surface area contributed by atoms with E-state index in [1.165, 1.54) is 19.1 Å². The number of aryl methyl sites for hydroxylation is 1. The van der Waals surface area contributed by atoms with Crippen LogP contribution in [0.25, 0.3) is 0 Å². The molecule has 0 heterocycles. The summed E-state index contributed by atoms with van der Waals surface area (Å²) in [4.78, 5) is 12.6. The van der Waals surface area contributed by atoms with E-state index in [1.54, 1.807) is 25.1 Å². The van der Waals surface area contributed by atoms with Crippen molar-refractivity contribution >= 4 is 38.9 Å². The van der Waals surface area contributed by atoms with Crippen LogP contribution in [-0.2, 0) is 21.0 Å². The van der Waals surface area contributed by atoms with Crippen LogP contribution >= 0.6 is 11.6 Å². The van der Waals surface area contributed by atoms with E-state index in [-0.39, 0.29) is 11.4 Å². The highest BCUT2D eigenvalue weighted by molar-refractivity contribution is 7.92. The van der Waals surface area contributed by atoms with E-state index in [0.717, 1.165) is 22.2 Å². The van der Waals surface area contributed by atoms with Gasteiger partial charge in [-0.05, 0) is 49.7 Å². The van der Waals surface area contributed by atoms with Crippen LogP contribution in [0.5, 0.6) is 0 Å². The Balaban J connectivity index is 2.34. The number of hydrogen-bond acceptors (Lipinski definition) is 3. The van der Waals surface area contributed by atoms with Gasteiger partial charge in [0.05, 0.1) is 22.5 Å². The molecule has 0 bridgehead atoms. The molecular formula is C18H18ClF3N2O3S. The average Bonchev–Trinajstić information content (AvgIpc) is 2.54. The topological polar surface area (TPSA) is 66.5 Å². The van der Waals surface area contributed by atoms with Crippen LogP contribution in [-0.4, -0.2) is 26.6 Å². The molecule has 0 saturated heterocycles. The predicted octanol–water partition coefficient (Wildman–Crippen LogP) is 4.46. The Kier molecular flexibility index (Phi) is 6.30. The number of amides is 1. The van der Waals surface area contributed by atoms with Crippen LogP contribution < -0.4 is 9.62 Å². The summed E-state index contributed by atoms with van der Waals surface area (Å²) in [5, 5.41) is 1.81. The normalized spacial score (nSPS) is 13.1. The summed E-state index contributed by atoms with van der Waals surface area (Å²) in [7, 11) is -3.84. The molecule has 152 valence electrons. The molecule has 0 aromatic heterocycles. The first-order chi connectivity index (χ1) is 12.8. The fourth-order valence-corrected chi connectivity index (χ4v) is 4.03. The standard InChI is InChI=1S/C18H18ClF3N2O3S/c1-11-5-4-6-14(9-11)24(28(3,26)27)12(2)17(25)23-13-7-8-16(19)15(10-13)18(20,21)22/h4-10,12H,1-3H3,(H,23,25)/t12-/m1/s1. The maximum absolute atomic E-state index is 13.0. The number of carbonyl (C=O) groups excluding carboxylic acids is 1. The average molecular weight is 435 g/mol. The largest absolute Gasteiger partial charge is 0.417 e. The minimum Gasteiger partial charge on any atom is -0.324 e. The Labute approximate surface area is 166 Å². The molecule has 2 aromatic rings. The summed E-state index contributed by atoms with van der Waals surface area (Å²) in [5.74, 6) is -0.789. The van der Waals surface area contributed by atoms with E-state index in [2.05, 4.69) is 5.32 Å². The SMILES string of the molecule is Cc1cccc(N([C@H](C)C(=O)Nc2ccc(Cl)c(C(F)(F)F)c2)S(C)(=O)=O)c1. The molecule has 2 rings (SSSR count). The van der Waals surface area contributed by atoms with E-state index in [4.69, 9.17) is 11.6 Å². The number of nitrogens with zero attached hydrogens (tertiary/aromatic N) is 1. The molecule has 0 radical (unpaired) electrons. The van der Waals surface area contributed by atoms with Gasteiger partial charge in [0.2, 0.25) is 15.9 Å². The van der Waals surface area contributed by atoms with Crippen molar-refractivity contribution in [1.82, 2.24) is 0 Å². The second-order valence-corrected chi connectivity index (χ2v) is 8.52. The monoisotopic (exact) mass is 434 g/mol. The lowest BCUT2D eigenvalue weighted by atomic mass is 10.1. The molecule has 10 heteroatoms. The van der Waals surface area contributed by atoms with Crippen molar-refractivity contribution in [3.63, 3.8) is 0 Å². The van der Waals surface area contributed by atoms with Crippen LogP contribution in [0.4, 0.5) is 24.5 Å². The van der Waals surface area contributed by atoms with Crippen LogP contribution in [0.1, 0.15) is 18.1 Å². The van der Waals surface area contributed by atoms with E-state index in [1.807, 2.05) is 0 Å². The third-order valence-corrected chi connectivity index (χ3v) is 5.46. The molecule has 28 heavy (non-hydrogen) atoms. The first-order valence-electron chi connectivity index (χ1n) is 8.04. The fourth-order valence-electron chi connectivity index (χ4n) is 2.64. The number of alkyl halides is 3. The lowest BCUT2D eigenvalue weighted by Gasteiger charge is -2.28. The maximum Gasteiger partial charge on any atom is 0.417 e. The minimum absolute atomic E-state index is 0.147. The lowest BCUT2D eigenvalue weighted by Crippen LogP contribution is -2.45. The number of rotatable bonds is 5. The number of benzene rings is 2. The van der Waals surface area contributed by atoms with Gasteiger partial charge in [0.25, 0.3) is 0 Å². The summed E-state index contributed by atoms with van der Waals surface area (Å²) >= 11 is 5.56. The zero-order valence-electron chi connectivity index (χ0n) is 15.2. The number of anilines is 2. The van der Waals surface area contributed by atoms with Gasteiger partial charge in [0, 0.05) is 5.69 Å². The number of carbonyl (C=O) groups is 1. The first-order valence-corrected chi connectivity index (χ1v) is 10.3. The van der Waals surface area contributed by atoms with Crippen molar-refractivity contribution in [3.05, 3.63) is 58.6 Å². The predicted molar refractivity (Wildman–Crippen MR) is 103 cm³/mol. The van der Waals surface area contributed by atoms with Gasteiger partial charge in [-0.3, -0.25) is 9.10 Å². The Morgan fingerprint density at radius 2 is 1.82 bits per heavy atom. The zero-order valence-corrected chi connectivity index (χ0v) is 16.8. The quantitative estimate of drug-likeness (QED) is 0.755. The molecule has 1 N–H and O–H groups in total. The smallest absolute Gasteiger partial charge is 0.324 e. The Morgan fingerprint density at radius 1 is 1.18 bits per heavy atom. The van der Waals surface area contributed by atoms with Gasteiger partial charge < -0.3 is 5.32 Å². The second-order valence-electron chi connectivity index (χ2n) is 6.26. The van der Waals surface area contributed by atoms with Crippen LogP contribution in [0.2, 0.25) is 5.02 Å². The van der Waals surface area contributed by atoms with E-state index in [9.17, 15) is 26.4 Å². The third-order valence-electron chi connectivity index (χ3n) is 3.88. The Morgan fingerprint density at radius 3 is 2.36 bits per heavy atom. The van der Waals surface area contributed by atoms with Gasteiger partial charge in [-0.2, -0.15) is 13.2 Å². The summed E-state index contributed by atoms with van der Waals surface area (Å²) in [6, 6.07) is 8.24. The summed E-state index contributed by atoms with van der Waals surface area (Å²) in [5.41, 5.74) is -0.187. The Bertz CT molecular complexity index is 994. The molecule has 0 fully saturated rings. The van der Waals surface area contributed by atoms with E-state index in [0.29, 0.717) is 6.07 Å². The number of nitrogens with one attached hydrogen (secondary N) is 1. The van der Waals surface area contributed by atoms with Crippen LogP contribution in [0.3, 0.4) is 0 Å². The van der Waals surface area contributed by atoms with E-state index < -0.39 is 38.7 Å². The van der Waals surface area contributed by atoms with Crippen molar-refractivity contribution in [3.8, 4) is 0 Å². The first kappa shape index (κ1) is 22.0. The molecule has 0 aliphatic rings. The van der Waals surface area contributed by atoms with Crippen molar-refractivity contribution in [2.75, 3.05) is 15.9 Å². The molecule has 5 nitrogen and oxygen atoms in total. The highest BCUT2D eigenvalue weighted by atomic mass is 35.5. The number of hydrogen-bond donors (Lipinski definition) is 1. The lowest BCUT2D eigenvalue weighted by molar-refractivity contribution is -0.137. The van der Waals surface area contributed by atoms with Gasteiger partial charge in [-0.1, -0.05) is 23.7 Å².